The molecule has 71 heavy (non-hydrogen) atoms. The van der Waals surface area contributed by atoms with E-state index >= 15 is 0 Å². The fourth-order valence-electron chi connectivity index (χ4n) is 10.2. The summed E-state index contributed by atoms with van der Waals surface area (Å²) in [4.78, 5) is 14.2. The summed E-state index contributed by atoms with van der Waals surface area (Å²) in [6, 6.07) is 28.9. The zero-order valence-corrected chi connectivity index (χ0v) is 46.2. The van der Waals surface area contributed by atoms with Crippen molar-refractivity contribution in [3.63, 3.8) is 0 Å². The van der Waals surface area contributed by atoms with Crippen molar-refractivity contribution in [3.8, 4) is 33.8 Å². The van der Waals surface area contributed by atoms with Crippen LogP contribution < -0.4 is 13.7 Å². The van der Waals surface area contributed by atoms with E-state index in [2.05, 4.69) is 246 Å². The van der Waals surface area contributed by atoms with E-state index in [9.17, 15) is 0 Å². The molecule has 366 valence electrons. The molecule has 0 radical (unpaired) electrons. The number of pyridine rings is 6. The Morgan fingerprint density at radius 3 is 1.32 bits per heavy atom. The maximum Gasteiger partial charge on any atom is 0.214 e. The topological polar surface area (TPSA) is 50.3 Å². The Balaban J connectivity index is 0.000000157. The lowest BCUT2D eigenvalue weighted by Crippen LogP contribution is -2.31. The summed E-state index contributed by atoms with van der Waals surface area (Å²) in [5, 5.41) is 3.70. The van der Waals surface area contributed by atoms with Crippen molar-refractivity contribution in [1.29, 1.82) is 0 Å². The maximum absolute atomic E-state index is 4.90. The summed E-state index contributed by atoms with van der Waals surface area (Å²) in [5.41, 5.74) is 26.6. The third-order valence-electron chi connectivity index (χ3n) is 14.3. The summed E-state index contributed by atoms with van der Waals surface area (Å²) in [6.45, 7) is 33.1. The van der Waals surface area contributed by atoms with Gasteiger partial charge in [-0.15, -0.1) is 0 Å². The highest BCUT2D eigenvalue weighted by atomic mass is 14.9. The Morgan fingerprint density at radius 2 is 0.859 bits per heavy atom. The van der Waals surface area contributed by atoms with Gasteiger partial charge in [0.25, 0.3) is 0 Å². The molecule has 3 aromatic carbocycles. The van der Waals surface area contributed by atoms with Gasteiger partial charge in [-0.2, -0.15) is 0 Å². The first-order valence-electron chi connectivity index (χ1n) is 25.7. The summed E-state index contributed by atoms with van der Waals surface area (Å²) < 4.78 is 6.69. The van der Waals surface area contributed by atoms with Gasteiger partial charge in [0.1, 0.15) is 21.1 Å². The molecule has 6 heteroatoms. The molecular weight excluding hydrogens is 865 g/mol. The molecule has 0 aliphatic carbocycles. The first kappa shape index (κ1) is 52.2. The van der Waals surface area contributed by atoms with Crippen LogP contribution >= 0.6 is 0 Å². The van der Waals surface area contributed by atoms with Crippen LogP contribution in [-0.4, -0.2) is 15.0 Å². The second kappa shape index (κ2) is 21.8. The van der Waals surface area contributed by atoms with Crippen LogP contribution in [0.4, 0.5) is 0 Å². The van der Waals surface area contributed by atoms with Crippen LogP contribution in [-0.2, 0) is 34.0 Å². The molecule has 0 saturated carbocycles. The van der Waals surface area contributed by atoms with Crippen LogP contribution in [0.3, 0.4) is 0 Å². The van der Waals surface area contributed by atoms with Gasteiger partial charge in [-0.1, -0.05) is 76.4 Å². The van der Waals surface area contributed by atoms with E-state index in [1.807, 2.05) is 12.4 Å². The quantitative estimate of drug-likeness (QED) is 0.143. The largest absolute Gasteiger partial charge is 0.256 e. The van der Waals surface area contributed by atoms with E-state index in [1.54, 1.807) is 0 Å². The standard InChI is InChI=1S/2C22H27N2.C21H25N2/c1-14(2)9-19-8-7-18-13-24(6)22(12-21(18)23-19)20-11-15(3)10-16(4)17(20)5;1-14(2)9-18-7-8-23-21-12-22(24(6)13-20(18)21)19-11-15(3)10-16(4)17(19)5;1-13(2)17-7-8-22-20-11-21(23(6)12-19(17)20)18-10-14(3)9-15(4)16(18)5/h2*7-8,10-14H,9H2,1-6H3;7-13H,1-6H3/q3*+1. The van der Waals surface area contributed by atoms with Gasteiger partial charge in [0.2, 0.25) is 17.1 Å². The van der Waals surface area contributed by atoms with Crippen LogP contribution in [0.1, 0.15) is 114 Å². The Hall–Kier alpha value is -6.66. The molecule has 0 fully saturated rings. The summed E-state index contributed by atoms with van der Waals surface area (Å²) in [7, 11) is 6.38. The fraction of sp³-hybridized carbons (Fsp3) is 0.354. The third-order valence-corrected chi connectivity index (χ3v) is 14.3. The molecule has 0 atom stereocenters. The second-order valence-electron chi connectivity index (χ2n) is 21.7. The van der Waals surface area contributed by atoms with E-state index in [0.29, 0.717) is 17.8 Å². The number of rotatable bonds is 8. The van der Waals surface area contributed by atoms with Gasteiger partial charge in [-0.25, -0.2) is 13.7 Å². The van der Waals surface area contributed by atoms with Gasteiger partial charge in [0.15, 0.2) is 18.6 Å². The van der Waals surface area contributed by atoms with Crippen molar-refractivity contribution in [2.45, 2.75) is 123 Å². The zero-order chi connectivity index (χ0) is 51.6. The molecule has 0 aliphatic rings. The molecule has 6 heterocycles. The highest BCUT2D eigenvalue weighted by Gasteiger charge is 2.21. The minimum atomic E-state index is 0.495. The number of fused-ring (bicyclic) bond motifs is 3. The smallest absolute Gasteiger partial charge is 0.214 e. The second-order valence-corrected chi connectivity index (χ2v) is 21.7. The zero-order valence-electron chi connectivity index (χ0n) is 46.2. The van der Waals surface area contributed by atoms with Crippen molar-refractivity contribution in [3.05, 3.63) is 177 Å². The first-order chi connectivity index (χ1) is 33.6. The highest BCUT2D eigenvalue weighted by molar-refractivity contribution is 5.85. The van der Waals surface area contributed by atoms with Crippen LogP contribution in [0, 0.1) is 74.1 Å². The van der Waals surface area contributed by atoms with E-state index in [-0.39, 0.29) is 0 Å². The van der Waals surface area contributed by atoms with Gasteiger partial charge < -0.3 is 0 Å². The molecule has 0 N–H and O–H groups in total. The van der Waals surface area contributed by atoms with Crippen molar-refractivity contribution < 1.29 is 13.7 Å². The average molecular weight is 944 g/mol. The van der Waals surface area contributed by atoms with Gasteiger partial charge in [-0.05, 0) is 180 Å². The van der Waals surface area contributed by atoms with Crippen molar-refractivity contribution >= 4 is 32.7 Å². The SMILES string of the molecule is Cc1cc(C)c(C)c(-c2cc3nc(CC(C)C)ccc3c[n+]2C)c1.Cc1cc(C)c(C)c(-c2cc3nccc(C(C)C)c3c[n+]2C)c1.Cc1cc(C)c(C)c(-c2cc3nccc(CC(C)C)c3c[n+]2C)c1. The molecule has 0 amide bonds. The lowest BCUT2D eigenvalue weighted by atomic mass is 9.95. The molecule has 9 rings (SSSR count). The van der Waals surface area contributed by atoms with Crippen molar-refractivity contribution in [2.75, 3.05) is 0 Å². The summed E-state index contributed by atoms with van der Waals surface area (Å²) in [6.07, 6.45) is 12.6. The molecule has 0 spiro atoms. The number of hydrogen-bond donors (Lipinski definition) is 0. The van der Waals surface area contributed by atoms with Crippen LogP contribution in [0.5, 0.6) is 0 Å². The highest BCUT2D eigenvalue weighted by Crippen LogP contribution is 2.31. The first-order valence-corrected chi connectivity index (χ1v) is 25.7. The summed E-state index contributed by atoms with van der Waals surface area (Å²) >= 11 is 0. The third kappa shape index (κ3) is 11.8. The van der Waals surface area contributed by atoms with E-state index in [0.717, 1.165) is 29.4 Å². The van der Waals surface area contributed by atoms with E-state index < -0.39 is 0 Å². The van der Waals surface area contributed by atoms with Crippen molar-refractivity contribution in [2.24, 2.45) is 33.0 Å². The summed E-state index contributed by atoms with van der Waals surface area (Å²) in [5.74, 6) is 1.76. The lowest BCUT2D eigenvalue weighted by Gasteiger charge is -2.12. The molecule has 6 nitrogen and oxygen atoms in total. The Labute approximate surface area is 425 Å². The van der Waals surface area contributed by atoms with E-state index in [4.69, 9.17) is 4.98 Å². The molecule has 0 bridgehead atoms. The molecule has 9 aromatic rings. The normalized spacial score (nSPS) is 11.5. The number of aromatic nitrogens is 6. The fourth-order valence-corrected chi connectivity index (χ4v) is 10.2. The van der Waals surface area contributed by atoms with Gasteiger partial charge >= 0.3 is 0 Å². The van der Waals surface area contributed by atoms with Crippen LogP contribution in [0.25, 0.3) is 66.5 Å². The Bertz CT molecular complexity index is 3370. The lowest BCUT2D eigenvalue weighted by molar-refractivity contribution is -0.659. The molecular formula is C65H79N6+3. The Morgan fingerprint density at radius 1 is 0.437 bits per heavy atom. The minimum Gasteiger partial charge on any atom is -0.256 e. The number of aryl methyl sites for hydroxylation is 9. The van der Waals surface area contributed by atoms with Gasteiger partial charge in [0, 0.05) is 53.0 Å². The number of benzene rings is 3. The predicted octanol–water partition coefficient (Wildman–Crippen LogP) is 14.5. The van der Waals surface area contributed by atoms with E-state index in [1.165, 1.54) is 117 Å². The maximum atomic E-state index is 4.90. The molecule has 0 unspecified atom stereocenters. The monoisotopic (exact) mass is 944 g/mol. The minimum absolute atomic E-state index is 0.495. The van der Waals surface area contributed by atoms with Gasteiger partial charge in [-0.3, -0.25) is 15.0 Å². The molecule has 0 saturated heterocycles. The number of hydrogen-bond acceptors (Lipinski definition) is 3. The van der Waals surface area contributed by atoms with Gasteiger partial charge in [0.05, 0.1) is 32.7 Å². The predicted molar refractivity (Wildman–Crippen MR) is 299 cm³/mol. The molecule has 6 aromatic heterocycles. The number of nitrogens with zero attached hydrogens (tertiary/aromatic N) is 6. The Kier molecular flexibility index (Phi) is 16.0. The molecule has 0 aliphatic heterocycles. The average Bonchev–Trinajstić information content (AvgIpc) is 3.29. The van der Waals surface area contributed by atoms with Crippen molar-refractivity contribution in [1.82, 2.24) is 15.0 Å². The van der Waals surface area contributed by atoms with Crippen LogP contribution in [0.15, 0.2) is 110 Å². The van der Waals surface area contributed by atoms with Crippen LogP contribution in [0.2, 0.25) is 0 Å².